The maximum absolute atomic E-state index is 3.49. The number of benzene rings is 1. The second kappa shape index (κ2) is 8.57. The average molecular weight is 243 g/mol. The summed E-state index contributed by atoms with van der Waals surface area (Å²) in [5, 5.41) is 3.49. The smallest absolute Gasteiger partial charge is 0.0212 e. The fourth-order valence-corrected chi connectivity index (χ4v) is 1.67. The molecule has 0 aliphatic rings. The number of halogens is 1. The molecular weight excluding hydrogens is 220 g/mol. The maximum Gasteiger partial charge on any atom is 0.0212 e. The standard InChI is InChI=1S/C13H22N2.ClH/c1-4-13(15(2)3)11-14-10-12-8-6-5-7-9-12;/h5-9,13-14H,4,10-11H2,1-3H3;1H. The van der Waals surface area contributed by atoms with Gasteiger partial charge in [0.05, 0.1) is 0 Å². The molecular formula is C13H23ClN2. The van der Waals surface area contributed by atoms with E-state index in [1.54, 1.807) is 0 Å². The third kappa shape index (κ3) is 5.50. The number of hydrogen-bond donors (Lipinski definition) is 1. The number of hydrogen-bond acceptors (Lipinski definition) is 2. The summed E-state index contributed by atoms with van der Waals surface area (Å²) in [7, 11) is 4.27. The molecule has 1 aromatic rings. The molecule has 0 aliphatic carbocycles. The van der Waals surface area contributed by atoms with Crippen molar-refractivity contribution in [2.45, 2.75) is 25.9 Å². The minimum Gasteiger partial charge on any atom is -0.311 e. The molecule has 1 atom stereocenters. The van der Waals surface area contributed by atoms with E-state index in [0.29, 0.717) is 6.04 Å². The number of nitrogens with zero attached hydrogens (tertiary/aromatic N) is 1. The Balaban J connectivity index is 0.00000225. The second-order valence-electron chi connectivity index (χ2n) is 4.14. The lowest BCUT2D eigenvalue weighted by Gasteiger charge is -2.23. The van der Waals surface area contributed by atoms with E-state index in [2.05, 4.69) is 61.6 Å². The predicted molar refractivity (Wildman–Crippen MR) is 73.2 cm³/mol. The van der Waals surface area contributed by atoms with Crippen LogP contribution in [0.25, 0.3) is 0 Å². The molecule has 1 unspecified atom stereocenters. The van der Waals surface area contributed by atoms with Crippen LogP contribution in [0.1, 0.15) is 18.9 Å². The van der Waals surface area contributed by atoms with Crippen LogP contribution in [0.15, 0.2) is 30.3 Å². The fourth-order valence-electron chi connectivity index (χ4n) is 1.67. The van der Waals surface area contributed by atoms with Crippen molar-refractivity contribution >= 4 is 12.4 Å². The highest BCUT2D eigenvalue weighted by Gasteiger charge is 2.07. The molecule has 0 aliphatic heterocycles. The molecule has 0 saturated carbocycles. The molecule has 16 heavy (non-hydrogen) atoms. The van der Waals surface area contributed by atoms with Gasteiger partial charge in [-0.25, -0.2) is 0 Å². The molecule has 0 spiro atoms. The van der Waals surface area contributed by atoms with Gasteiger partial charge in [-0.15, -0.1) is 12.4 Å². The lowest BCUT2D eigenvalue weighted by molar-refractivity contribution is 0.276. The SMILES string of the molecule is CCC(CNCc1ccccc1)N(C)C.Cl. The highest BCUT2D eigenvalue weighted by atomic mass is 35.5. The van der Waals surface area contributed by atoms with Crippen LogP contribution in [0.2, 0.25) is 0 Å². The van der Waals surface area contributed by atoms with Crippen molar-refractivity contribution in [2.24, 2.45) is 0 Å². The summed E-state index contributed by atoms with van der Waals surface area (Å²) in [5.74, 6) is 0. The van der Waals surface area contributed by atoms with Gasteiger partial charge in [-0.05, 0) is 26.1 Å². The third-order valence-electron chi connectivity index (χ3n) is 2.75. The van der Waals surface area contributed by atoms with Gasteiger partial charge in [-0.3, -0.25) is 0 Å². The first-order chi connectivity index (χ1) is 7.24. The van der Waals surface area contributed by atoms with E-state index in [4.69, 9.17) is 0 Å². The molecule has 92 valence electrons. The van der Waals surface area contributed by atoms with Crippen LogP contribution in [-0.2, 0) is 6.54 Å². The number of likely N-dealkylation sites (N-methyl/N-ethyl adjacent to an activating group) is 1. The largest absolute Gasteiger partial charge is 0.311 e. The summed E-state index contributed by atoms with van der Waals surface area (Å²) in [6.07, 6.45) is 1.19. The van der Waals surface area contributed by atoms with Crippen molar-refractivity contribution in [2.75, 3.05) is 20.6 Å². The van der Waals surface area contributed by atoms with Crippen LogP contribution in [0.4, 0.5) is 0 Å². The Morgan fingerprint density at radius 2 is 1.81 bits per heavy atom. The van der Waals surface area contributed by atoms with E-state index >= 15 is 0 Å². The van der Waals surface area contributed by atoms with Gasteiger partial charge in [-0.1, -0.05) is 37.3 Å². The van der Waals surface area contributed by atoms with Crippen molar-refractivity contribution in [3.05, 3.63) is 35.9 Å². The topological polar surface area (TPSA) is 15.3 Å². The van der Waals surface area contributed by atoms with Gasteiger partial charge in [0, 0.05) is 19.1 Å². The van der Waals surface area contributed by atoms with E-state index in [1.807, 2.05) is 0 Å². The first-order valence-corrected chi connectivity index (χ1v) is 5.65. The summed E-state index contributed by atoms with van der Waals surface area (Å²) in [6, 6.07) is 11.2. The number of rotatable bonds is 6. The predicted octanol–water partition coefficient (Wildman–Crippen LogP) is 2.54. The molecule has 0 fully saturated rings. The summed E-state index contributed by atoms with van der Waals surface area (Å²) >= 11 is 0. The van der Waals surface area contributed by atoms with E-state index in [9.17, 15) is 0 Å². The van der Waals surface area contributed by atoms with Gasteiger partial charge in [-0.2, -0.15) is 0 Å². The molecule has 0 saturated heterocycles. The van der Waals surface area contributed by atoms with Crippen LogP contribution in [-0.4, -0.2) is 31.6 Å². The molecule has 1 N–H and O–H groups in total. The van der Waals surface area contributed by atoms with Gasteiger partial charge < -0.3 is 10.2 Å². The van der Waals surface area contributed by atoms with Crippen molar-refractivity contribution in [3.8, 4) is 0 Å². The summed E-state index contributed by atoms with van der Waals surface area (Å²) in [5.41, 5.74) is 1.35. The molecule has 0 radical (unpaired) electrons. The van der Waals surface area contributed by atoms with Gasteiger partial charge in [0.1, 0.15) is 0 Å². The summed E-state index contributed by atoms with van der Waals surface area (Å²) < 4.78 is 0. The molecule has 0 heterocycles. The summed E-state index contributed by atoms with van der Waals surface area (Å²) in [6.45, 7) is 4.25. The molecule has 2 nitrogen and oxygen atoms in total. The van der Waals surface area contributed by atoms with E-state index in [-0.39, 0.29) is 12.4 Å². The molecule has 0 amide bonds. The normalized spacial score (nSPS) is 12.2. The summed E-state index contributed by atoms with van der Waals surface area (Å²) in [4.78, 5) is 2.28. The second-order valence-corrected chi connectivity index (χ2v) is 4.14. The van der Waals surface area contributed by atoms with Gasteiger partial charge in [0.15, 0.2) is 0 Å². The average Bonchev–Trinajstić information content (AvgIpc) is 2.25. The van der Waals surface area contributed by atoms with Crippen LogP contribution in [0.5, 0.6) is 0 Å². The minimum absolute atomic E-state index is 0. The van der Waals surface area contributed by atoms with Crippen molar-refractivity contribution in [1.29, 1.82) is 0 Å². The van der Waals surface area contributed by atoms with Crippen LogP contribution in [0.3, 0.4) is 0 Å². The quantitative estimate of drug-likeness (QED) is 0.825. The van der Waals surface area contributed by atoms with Gasteiger partial charge in [0.25, 0.3) is 0 Å². The lowest BCUT2D eigenvalue weighted by atomic mass is 10.2. The van der Waals surface area contributed by atoms with Crippen LogP contribution >= 0.6 is 12.4 Å². The molecule has 3 heteroatoms. The first-order valence-electron chi connectivity index (χ1n) is 5.65. The zero-order valence-corrected chi connectivity index (χ0v) is 11.3. The zero-order valence-electron chi connectivity index (χ0n) is 10.4. The Hall–Kier alpha value is -0.570. The monoisotopic (exact) mass is 242 g/mol. The van der Waals surface area contributed by atoms with Crippen molar-refractivity contribution in [1.82, 2.24) is 10.2 Å². The Morgan fingerprint density at radius 1 is 1.19 bits per heavy atom. The number of nitrogens with one attached hydrogen (secondary N) is 1. The fraction of sp³-hybridized carbons (Fsp3) is 0.538. The van der Waals surface area contributed by atoms with Gasteiger partial charge in [0.2, 0.25) is 0 Å². The van der Waals surface area contributed by atoms with Crippen LogP contribution in [0, 0.1) is 0 Å². The Labute approximate surface area is 105 Å². The lowest BCUT2D eigenvalue weighted by Crippen LogP contribution is -2.37. The zero-order chi connectivity index (χ0) is 11.1. The van der Waals surface area contributed by atoms with E-state index in [1.165, 1.54) is 12.0 Å². The Kier molecular flexibility index (Phi) is 8.26. The molecule has 1 rings (SSSR count). The molecule has 0 bridgehead atoms. The third-order valence-corrected chi connectivity index (χ3v) is 2.75. The van der Waals surface area contributed by atoms with Crippen molar-refractivity contribution in [3.63, 3.8) is 0 Å². The van der Waals surface area contributed by atoms with Crippen molar-refractivity contribution < 1.29 is 0 Å². The van der Waals surface area contributed by atoms with E-state index in [0.717, 1.165) is 13.1 Å². The first kappa shape index (κ1) is 15.4. The maximum atomic E-state index is 3.49. The van der Waals surface area contributed by atoms with E-state index < -0.39 is 0 Å². The Bertz CT molecular complexity index is 262. The van der Waals surface area contributed by atoms with Crippen LogP contribution < -0.4 is 5.32 Å². The highest BCUT2D eigenvalue weighted by molar-refractivity contribution is 5.85. The Morgan fingerprint density at radius 3 is 2.31 bits per heavy atom. The highest BCUT2D eigenvalue weighted by Crippen LogP contribution is 2.00. The van der Waals surface area contributed by atoms with Gasteiger partial charge >= 0.3 is 0 Å². The minimum atomic E-state index is 0. The molecule has 0 aromatic heterocycles. The molecule has 1 aromatic carbocycles.